The molecular weight excluding hydrogens is 252 g/mol. The van der Waals surface area contributed by atoms with Gasteiger partial charge in [0.05, 0.1) is 5.69 Å². The molecule has 0 bridgehead atoms. The molecule has 0 amide bonds. The molecule has 0 spiro atoms. The van der Waals surface area contributed by atoms with E-state index in [1.807, 2.05) is 27.0 Å². The van der Waals surface area contributed by atoms with Gasteiger partial charge in [0.25, 0.3) is 0 Å². The Balaban J connectivity index is 2.12. The third-order valence-electron chi connectivity index (χ3n) is 2.52. The molecule has 90 valence electrons. The summed E-state index contributed by atoms with van der Waals surface area (Å²) in [5, 5.41) is 9.05. The lowest BCUT2D eigenvalue weighted by molar-refractivity contribution is 0.982. The van der Waals surface area contributed by atoms with Crippen LogP contribution in [0.25, 0.3) is 0 Å². The molecule has 2 rings (SSSR count). The van der Waals surface area contributed by atoms with Crippen LogP contribution in [0.3, 0.4) is 0 Å². The van der Waals surface area contributed by atoms with Crippen LogP contribution < -0.4 is 5.73 Å². The number of hydrogen-bond donors (Lipinski definition) is 1. The number of thioether (sulfide) groups is 1. The van der Waals surface area contributed by atoms with Crippen molar-refractivity contribution in [2.75, 3.05) is 5.73 Å². The molecule has 0 atom stereocenters. The molecule has 0 unspecified atom stereocenters. The lowest BCUT2D eigenvalue weighted by Crippen LogP contribution is -2.00. The highest BCUT2D eigenvalue weighted by Crippen LogP contribution is 2.27. The first-order chi connectivity index (χ1) is 8.08. The Morgan fingerprint density at radius 3 is 2.71 bits per heavy atom. The zero-order valence-electron chi connectivity index (χ0n) is 10.0. The van der Waals surface area contributed by atoms with Crippen molar-refractivity contribution < 1.29 is 0 Å². The summed E-state index contributed by atoms with van der Waals surface area (Å²) >= 11 is 3.25. The maximum Gasteiger partial charge on any atom is 0.174 e. The molecule has 0 aliphatic heterocycles. The zero-order valence-corrected chi connectivity index (χ0v) is 11.7. The number of pyridine rings is 1. The van der Waals surface area contributed by atoms with Crippen molar-refractivity contribution >= 4 is 28.8 Å². The maximum absolute atomic E-state index is 5.98. The number of hydrogen-bond acceptors (Lipinski definition) is 6. The Morgan fingerprint density at radius 2 is 2.06 bits per heavy atom. The topological polar surface area (TPSA) is 64.7 Å². The van der Waals surface area contributed by atoms with Crippen molar-refractivity contribution in [1.82, 2.24) is 15.2 Å². The van der Waals surface area contributed by atoms with Gasteiger partial charge in [-0.1, -0.05) is 23.1 Å². The van der Waals surface area contributed by atoms with Crippen LogP contribution in [0.15, 0.2) is 10.5 Å². The van der Waals surface area contributed by atoms with Crippen LogP contribution >= 0.6 is 23.1 Å². The Morgan fingerprint density at radius 1 is 1.29 bits per heavy atom. The van der Waals surface area contributed by atoms with E-state index < -0.39 is 0 Å². The lowest BCUT2D eigenvalue weighted by Gasteiger charge is -2.08. The summed E-state index contributed by atoms with van der Waals surface area (Å²) in [5.74, 6) is 0.783. The third-order valence-corrected chi connectivity index (χ3v) is 4.50. The van der Waals surface area contributed by atoms with E-state index in [4.69, 9.17) is 5.73 Å². The van der Waals surface area contributed by atoms with Gasteiger partial charge in [-0.15, -0.1) is 10.2 Å². The zero-order chi connectivity index (χ0) is 12.4. The van der Waals surface area contributed by atoms with Gasteiger partial charge in [0, 0.05) is 17.6 Å². The van der Waals surface area contributed by atoms with Gasteiger partial charge in [0.15, 0.2) is 4.34 Å². The first kappa shape index (κ1) is 12.3. The summed E-state index contributed by atoms with van der Waals surface area (Å²) < 4.78 is 0.975. The van der Waals surface area contributed by atoms with Gasteiger partial charge in [-0.3, -0.25) is 4.98 Å². The Hall–Kier alpha value is -1.14. The largest absolute Gasteiger partial charge is 0.398 e. The van der Waals surface area contributed by atoms with Crippen LogP contribution in [0.5, 0.6) is 0 Å². The van der Waals surface area contributed by atoms with Crippen LogP contribution in [-0.4, -0.2) is 15.2 Å². The van der Waals surface area contributed by atoms with Crippen molar-refractivity contribution in [3.8, 4) is 0 Å². The fourth-order valence-corrected chi connectivity index (χ4v) is 3.24. The van der Waals surface area contributed by atoms with Crippen molar-refractivity contribution in [2.45, 2.75) is 30.9 Å². The molecule has 6 heteroatoms. The van der Waals surface area contributed by atoms with E-state index in [0.717, 1.165) is 37.6 Å². The minimum absolute atomic E-state index is 0.783. The highest BCUT2D eigenvalue weighted by atomic mass is 32.2. The fraction of sp³-hybridized carbons (Fsp3) is 0.364. The molecule has 2 N–H and O–H groups in total. The van der Waals surface area contributed by atoms with Gasteiger partial charge >= 0.3 is 0 Å². The molecule has 2 aromatic heterocycles. The average molecular weight is 266 g/mol. The molecule has 0 aliphatic rings. The van der Waals surface area contributed by atoms with Gasteiger partial charge < -0.3 is 5.73 Å². The van der Waals surface area contributed by atoms with E-state index in [0.29, 0.717) is 0 Å². The Bertz CT molecular complexity index is 536. The number of aryl methyl sites for hydroxylation is 2. The van der Waals surface area contributed by atoms with E-state index >= 15 is 0 Å². The molecule has 0 aliphatic carbocycles. The minimum Gasteiger partial charge on any atom is -0.398 e. The van der Waals surface area contributed by atoms with Gasteiger partial charge in [-0.25, -0.2) is 0 Å². The smallest absolute Gasteiger partial charge is 0.174 e. The molecule has 2 heterocycles. The first-order valence-electron chi connectivity index (χ1n) is 5.21. The number of anilines is 1. The molecule has 17 heavy (non-hydrogen) atoms. The second kappa shape index (κ2) is 5.01. The van der Waals surface area contributed by atoms with Gasteiger partial charge in [0.2, 0.25) is 0 Å². The minimum atomic E-state index is 0.783. The summed E-state index contributed by atoms with van der Waals surface area (Å²) in [4.78, 5) is 4.42. The number of nitrogens with two attached hydrogens (primary N) is 1. The molecule has 0 saturated carbocycles. The molecule has 2 aromatic rings. The SMILES string of the molecule is Cc1nnc(SCc2ncc(C)c(N)c2C)s1. The third kappa shape index (κ3) is 2.76. The van der Waals surface area contributed by atoms with Crippen molar-refractivity contribution in [3.05, 3.63) is 28.0 Å². The van der Waals surface area contributed by atoms with Crippen LogP contribution in [-0.2, 0) is 5.75 Å². The monoisotopic (exact) mass is 266 g/mol. The van der Waals surface area contributed by atoms with Crippen molar-refractivity contribution in [3.63, 3.8) is 0 Å². The molecule has 0 aromatic carbocycles. The average Bonchev–Trinajstić information content (AvgIpc) is 2.71. The highest BCUT2D eigenvalue weighted by molar-refractivity contribution is 8.00. The summed E-state index contributed by atoms with van der Waals surface area (Å²) in [6.45, 7) is 5.94. The predicted molar refractivity (Wildman–Crippen MR) is 72.3 cm³/mol. The molecular formula is C11H14N4S2. The van der Waals surface area contributed by atoms with Crippen LogP contribution in [0.4, 0.5) is 5.69 Å². The standard InChI is InChI=1S/C11H14N4S2/c1-6-4-13-9(7(2)10(6)12)5-16-11-15-14-8(3)17-11/h4H,5H2,1-3H3,(H2,12,13). The van der Waals surface area contributed by atoms with Gasteiger partial charge in [0.1, 0.15) is 5.01 Å². The van der Waals surface area contributed by atoms with E-state index in [9.17, 15) is 0 Å². The molecule has 0 radical (unpaired) electrons. The van der Waals surface area contributed by atoms with E-state index in [1.54, 1.807) is 23.1 Å². The Kier molecular flexibility index (Phi) is 3.63. The quantitative estimate of drug-likeness (QED) is 0.865. The second-order valence-electron chi connectivity index (χ2n) is 3.80. The van der Waals surface area contributed by atoms with Crippen LogP contribution in [0.2, 0.25) is 0 Å². The van der Waals surface area contributed by atoms with E-state index in [2.05, 4.69) is 15.2 Å². The highest BCUT2D eigenvalue weighted by Gasteiger charge is 2.08. The fourth-order valence-electron chi connectivity index (χ4n) is 1.40. The number of aromatic nitrogens is 3. The molecule has 0 saturated heterocycles. The predicted octanol–water partition coefficient (Wildman–Crippen LogP) is 2.73. The van der Waals surface area contributed by atoms with Crippen molar-refractivity contribution in [1.29, 1.82) is 0 Å². The lowest BCUT2D eigenvalue weighted by atomic mass is 10.1. The summed E-state index contributed by atoms with van der Waals surface area (Å²) in [6.07, 6.45) is 1.82. The van der Waals surface area contributed by atoms with Crippen LogP contribution in [0, 0.1) is 20.8 Å². The van der Waals surface area contributed by atoms with Gasteiger partial charge in [-0.2, -0.15) is 0 Å². The number of nitrogens with zero attached hydrogens (tertiary/aromatic N) is 3. The summed E-state index contributed by atoms with van der Waals surface area (Å²) in [7, 11) is 0. The summed E-state index contributed by atoms with van der Waals surface area (Å²) in [5.41, 5.74) is 9.94. The Labute approximate surface area is 109 Å². The normalized spacial score (nSPS) is 10.8. The van der Waals surface area contributed by atoms with Crippen molar-refractivity contribution in [2.24, 2.45) is 0 Å². The molecule has 0 fully saturated rings. The maximum atomic E-state index is 5.98. The molecule has 4 nitrogen and oxygen atoms in total. The van der Waals surface area contributed by atoms with Gasteiger partial charge in [-0.05, 0) is 31.9 Å². The van der Waals surface area contributed by atoms with E-state index in [1.165, 1.54) is 0 Å². The van der Waals surface area contributed by atoms with Crippen LogP contribution in [0.1, 0.15) is 21.8 Å². The second-order valence-corrected chi connectivity index (χ2v) is 6.21. The number of nitrogen functional groups attached to an aromatic ring is 1. The number of rotatable bonds is 3. The first-order valence-corrected chi connectivity index (χ1v) is 7.01. The van der Waals surface area contributed by atoms with E-state index in [-0.39, 0.29) is 0 Å². The summed E-state index contributed by atoms with van der Waals surface area (Å²) in [6, 6.07) is 0.